The van der Waals surface area contributed by atoms with E-state index >= 15 is 0 Å². The van der Waals surface area contributed by atoms with Crippen LogP contribution in [0.4, 0.5) is 0 Å². The van der Waals surface area contributed by atoms with Gasteiger partial charge in [0.15, 0.2) is 0 Å². The zero-order valence-electron chi connectivity index (χ0n) is 19.6. The zero-order valence-corrected chi connectivity index (χ0v) is 19.6. The van der Waals surface area contributed by atoms with Crippen molar-refractivity contribution in [3.05, 3.63) is 78.4 Å². The summed E-state index contributed by atoms with van der Waals surface area (Å²) in [5, 5.41) is 3.45. The molecule has 1 aliphatic heterocycles. The highest BCUT2D eigenvalue weighted by Crippen LogP contribution is 2.19. The summed E-state index contributed by atoms with van der Waals surface area (Å²) in [6.07, 6.45) is 11.0. The summed E-state index contributed by atoms with van der Waals surface area (Å²) < 4.78 is 3.86. The lowest BCUT2D eigenvalue weighted by molar-refractivity contribution is 0.0658. The number of nitrogens with one attached hydrogen (secondary N) is 1. The van der Waals surface area contributed by atoms with Crippen molar-refractivity contribution in [2.45, 2.75) is 32.0 Å². The number of hydrogen-bond donors (Lipinski definition) is 1. The second-order valence-electron chi connectivity index (χ2n) is 8.93. The Morgan fingerprint density at radius 1 is 1.15 bits per heavy atom. The van der Waals surface area contributed by atoms with E-state index in [1.165, 1.54) is 0 Å². The van der Waals surface area contributed by atoms with Gasteiger partial charge in [-0.2, -0.15) is 0 Å². The van der Waals surface area contributed by atoms with Gasteiger partial charge in [-0.05, 0) is 50.7 Å². The fraction of sp³-hybridized carbons (Fsp3) is 0.360. The second kappa shape index (κ2) is 9.74. The van der Waals surface area contributed by atoms with Crippen LogP contribution in [-0.2, 0) is 13.1 Å². The molecule has 34 heavy (non-hydrogen) atoms. The van der Waals surface area contributed by atoms with Crippen LogP contribution in [0, 0.1) is 0 Å². The molecular weight excluding hydrogens is 428 g/mol. The van der Waals surface area contributed by atoms with Crippen molar-refractivity contribution in [3.8, 4) is 5.95 Å². The summed E-state index contributed by atoms with van der Waals surface area (Å²) in [5.74, 6) is 0.696. The molecule has 1 fully saturated rings. The van der Waals surface area contributed by atoms with E-state index in [0.29, 0.717) is 30.8 Å². The Morgan fingerprint density at radius 2 is 2.00 bits per heavy atom. The number of likely N-dealkylation sites (tertiary alicyclic amines) is 1. The second-order valence-corrected chi connectivity index (χ2v) is 8.93. The van der Waals surface area contributed by atoms with Gasteiger partial charge in [0.1, 0.15) is 12.0 Å². The monoisotopic (exact) mass is 458 g/mol. The van der Waals surface area contributed by atoms with Crippen molar-refractivity contribution in [2.24, 2.45) is 0 Å². The normalized spacial score (nSPS) is 14.9. The van der Waals surface area contributed by atoms with Crippen molar-refractivity contribution in [1.82, 2.24) is 39.0 Å². The number of imidazole rings is 2. The Balaban J connectivity index is 1.32. The molecule has 0 bridgehead atoms. The Kier molecular flexibility index (Phi) is 6.37. The highest BCUT2D eigenvalue weighted by molar-refractivity contribution is 5.92. The van der Waals surface area contributed by atoms with Crippen LogP contribution in [0.5, 0.6) is 0 Å². The number of carbonyl (C=O) groups is 1. The van der Waals surface area contributed by atoms with E-state index in [1.54, 1.807) is 18.7 Å². The largest absolute Gasteiger partial charge is 0.337 e. The summed E-state index contributed by atoms with van der Waals surface area (Å²) in [6.45, 7) is 2.84. The molecular formula is C25H30N8O. The smallest absolute Gasteiger partial charge is 0.274 e. The third-order valence-corrected chi connectivity index (χ3v) is 6.46. The Hall–Kier alpha value is -3.56. The molecule has 0 unspecified atom stereocenters. The predicted octanol–water partition coefficient (Wildman–Crippen LogP) is 2.37. The van der Waals surface area contributed by atoms with E-state index in [4.69, 9.17) is 4.98 Å². The standard InChI is InChI=1S/C25H30N8O/c1-30(2)20-8-12-31(13-9-20)24(34)22-17-32(18-28-22)25-29-21(23-7-3-4-11-33(23)25)16-27-15-19-6-5-10-26-14-19/h3-7,10-11,14,17-18,20,27H,8-9,12-13,15-16H2,1-2H3. The van der Waals surface area contributed by atoms with E-state index in [0.717, 1.165) is 42.7 Å². The van der Waals surface area contributed by atoms with Crippen LogP contribution in [0.15, 0.2) is 61.4 Å². The summed E-state index contributed by atoms with van der Waals surface area (Å²) in [4.78, 5) is 30.7. The molecule has 0 atom stereocenters. The molecule has 0 radical (unpaired) electrons. The van der Waals surface area contributed by atoms with Crippen LogP contribution in [0.1, 0.15) is 34.6 Å². The summed E-state index contributed by atoms with van der Waals surface area (Å²) >= 11 is 0. The quantitative estimate of drug-likeness (QED) is 0.458. The first kappa shape index (κ1) is 22.2. The van der Waals surface area contributed by atoms with Crippen molar-refractivity contribution in [3.63, 3.8) is 0 Å². The van der Waals surface area contributed by atoms with Gasteiger partial charge in [-0.15, -0.1) is 0 Å². The number of aromatic nitrogens is 5. The van der Waals surface area contributed by atoms with Crippen molar-refractivity contribution in [1.29, 1.82) is 0 Å². The molecule has 9 heteroatoms. The number of rotatable bonds is 7. The van der Waals surface area contributed by atoms with Crippen LogP contribution in [-0.4, -0.2) is 72.9 Å². The third kappa shape index (κ3) is 4.57. The van der Waals surface area contributed by atoms with Gasteiger partial charge in [0.25, 0.3) is 5.91 Å². The lowest BCUT2D eigenvalue weighted by Crippen LogP contribution is -2.44. The Labute approximate surface area is 199 Å². The summed E-state index contributed by atoms with van der Waals surface area (Å²) in [7, 11) is 4.20. The molecule has 1 aliphatic rings. The highest BCUT2D eigenvalue weighted by atomic mass is 16.2. The first-order chi connectivity index (χ1) is 16.6. The van der Waals surface area contributed by atoms with Crippen molar-refractivity contribution >= 4 is 11.4 Å². The van der Waals surface area contributed by atoms with Crippen LogP contribution < -0.4 is 5.32 Å². The maximum Gasteiger partial charge on any atom is 0.274 e. The lowest BCUT2D eigenvalue weighted by atomic mass is 10.0. The van der Waals surface area contributed by atoms with Gasteiger partial charge >= 0.3 is 0 Å². The van der Waals surface area contributed by atoms with E-state index in [9.17, 15) is 4.79 Å². The fourth-order valence-electron chi connectivity index (χ4n) is 4.51. The van der Waals surface area contributed by atoms with Crippen LogP contribution in [0.25, 0.3) is 11.5 Å². The first-order valence-corrected chi connectivity index (χ1v) is 11.7. The number of pyridine rings is 2. The van der Waals surface area contributed by atoms with Gasteiger partial charge in [0, 0.05) is 57.0 Å². The minimum Gasteiger partial charge on any atom is -0.337 e. The molecule has 4 aromatic rings. The topological polar surface area (TPSA) is 83.6 Å². The first-order valence-electron chi connectivity index (χ1n) is 11.7. The van der Waals surface area contributed by atoms with Crippen LogP contribution in [0.2, 0.25) is 0 Å². The molecule has 1 N–H and O–H groups in total. The predicted molar refractivity (Wildman–Crippen MR) is 130 cm³/mol. The van der Waals surface area contributed by atoms with Gasteiger partial charge in [0.2, 0.25) is 5.95 Å². The molecule has 0 saturated carbocycles. The number of hydrogen-bond acceptors (Lipinski definition) is 6. The molecule has 1 amide bonds. The molecule has 0 spiro atoms. The summed E-state index contributed by atoms with van der Waals surface area (Å²) in [6, 6.07) is 10.5. The van der Waals surface area contributed by atoms with Crippen molar-refractivity contribution in [2.75, 3.05) is 27.2 Å². The van der Waals surface area contributed by atoms with E-state index in [1.807, 2.05) is 50.5 Å². The van der Waals surface area contributed by atoms with Crippen molar-refractivity contribution < 1.29 is 4.79 Å². The number of amides is 1. The lowest BCUT2D eigenvalue weighted by Gasteiger charge is -2.34. The Bertz CT molecular complexity index is 1250. The number of carbonyl (C=O) groups excluding carboxylic acids is 1. The number of nitrogens with zero attached hydrogens (tertiary/aromatic N) is 7. The van der Waals surface area contributed by atoms with E-state index < -0.39 is 0 Å². The highest BCUT2D eigenvalue weighted by Gasteiger charge is 2.26. The van der Waals surface area contributed by atoms with Gasteiger partial charge in [-0.1, -0.05) is 12.1 Å². The third-order valence-electron chi connectivity index (χ3n) is 6.46. The van der Waals surface area contributed by atoms with E-state index in [-0.39, 0.29) is 5.91 Å². The molecule has 5 heterocycles. The van der Waals surface area contributed by atoms with Crippen LogP contribution in [0.3, 0.4) is 0 Å². The molecule has 5 rings (SSSR count). The molecule has 1 saturated heterocycles. The van der Waals surface area contributed by atoms with Gasteiger partial charge in [-0.3, -0.25) is 18.7 Å². The van der Waals surface area contributed by atoms with E-state index in [2.05, 4.69) is 40.3 Å². The molecule has 4 aromatic heterocycles. The summed E-state index contributed by atoms with van der Waals surface area (Å²) in [5.41, 5.74) is 3.53. The van der Waals surface area contributed by atoms with Gasteiger partial charge in [0.05, 0.1) is 11.2 Å². The van der Waals surface area contributed by atoms with Gasteiger partial charge < -0.3 is 15.1 Å². The minimum absolute atomic E-state index is 0.0184. The maximum absolute atomic E-state index is 13.1. The average molecular weight is 459 g/mol. The SMILES string of the molecule is CN(C)C1CCN(C(=O)c2cn(-c3nc(CNCc4cccnc4)c4ccccn34)cn2)CC1. The van der Waals surface area contributed by atoms with Crippen LogP contribution >= 0.6 is 0 Å². The zero-order chi connectivity index (χ0) is 23.5. The molecule has 9 nitrogen and oxygen atoms in total. The maximum atomic E-state index is 13.1. The number of piperidine rings is 1. The molecule has 0 aromatic carbocycles. The molecule has 176 valence electrons. The number of fused-ring (bicyclic) bond motifs is 1. The average Bonchev–Trinajstić information content (AvgIpc) is 3.50. The minimum atomic E-state index is -0.0184. The fourth-order valence-corrected chi connectivity index (χ4v) is 4.51. The molecule has 0 aliphatic carbocycles. The Morgan fingerprint density at radius 3 is 2.76 bits per heavy atom. The van der Waals surface area contributed by atoms with Gasteiger partial charge in [-0.25, -0.2) is 9.97 Å².